The number of hydrogen-bond donors (Lipinski definition) is 2. The van der Waals surface area contributed by atoms with Crippen molar-refractivity contribution in [3.8, 4) is 5.75 Å². The largest absolute Gasteiger partial charge is 0.489 e. The summed E-state index contributed by atoms with van der Waals surface area (Å²) >= 11 is 0. The molecule has 4 atom stereocenters. The van der Waals surface area contributed by atoms with E-state index in [4.69, 9.17) is 9.47 Å². The number of urea groups is 1. The molecule has 0 radical (unpaired) electrons. The quantitative estimate of drug-likeness (QED) is 0.614. The molecule has 2 aliphatic carbocycles. The number of rotatable bonds is 6. The van der Waals surface area contributed by atoms with Crippen LogP contribution in [0.15, 0.2) is 36.9 Å². The minimum absolute atomic E-state index is 0.161. The number of anilines is 1. The van der Waals surface area contributed by atoms with Gasteiger partial charge in [0.05, 0.1) is 13.0 Å². The van der Waals surface area contributed by atoms with Gasteiger partial charge in [-0.05, 0) is 43.2 Å². The molecule has 1 aromatic carbocycles. The van der Waals surface area contributed by atoms with Gasteiger partial charge in [0.25, 0.3) is 0 Å². The second kappa shape index (κ2) is 7.59. The molecule has 2 N–H and O–H groups in total. The summed E-state index contributed by atoms with van der Waals surface area (Å²) in [5.74, 6) is 0.861. The average Bonchev–Trinajstić information content (AvgIpc) is 3.21. The zero-order valence-corrected chi connectivity index (χ0v) is 14.4. The minimum Gasteiger partial charge on any atom is -0.489 e. The van der Waals surface area contributed by atoms with E-state index >= 15 is 0 Å². The molecular weight excluding hydrogens is 320 g/mol. The molecular formula is C19H24N2O4. The van der Waals surface area contributed by atoms with Gasteiger partial charge in [0.1, 0.15) is 12.4 Å². The summed E-state index contributed by atoms with van der Waals surface area (Å²) in [5.41, 5.74) is 0.636. The molecule has 2 amide bonds. The Morgan fingerprint density at radius 2 is 2.12 bits per heavy atom. The van der Waals surface area contributed by atoms with Gasteiger partial charge in [0, 0.05) is 17.8 Å². The summed E-state index contributed by atoms with van der Waals surface area (Å²) in [6, 6.07) is 6.69. The number of fused-ring (bicyclic) bond motifs is 2. The number of ether oxygens (including phenoxy) is 2. The highest BCUT2D eigenvalue weighted by Crippen LogP contribution is 2.48. The molecule has 2 fully saturated rings. The number of benzene rings is 1. The van der Waals surface area contributed by atoms with Gasteiger partial charge in [-0.15, -0.1) is 0 Å². The highest BCUT2D eigenvalue weighted by atomic mass is 16.5. The number of carbonyl (C=O) groups is 2. The zero-order valence-electron chi connectivity index (χ0n) is 14.4. The minimum atomic E-state index is -0.313. The van der Waals surface area contributed by atoms with E-state index in [9.17, 15) is 9.59 Å². The molecule has 25 heavy (non-hydrogen) atoms. The van der Waals surface area contributed by atoms with E-state index in [0.29, 0.717) is 29.9 Å². The standard InChI is InChI=1S/C19H24N2O4/c1-3-9-25-15-6-4-5-14(11-15)20-19(23)21-17-13-8-7-12(10-13)16(17)18(22)24-2/h3-6,11-13,16-17H,1,7-10H2,2H3,(H2,20,21,23)/t12-,13-,16+,17-/m0/s1. The van der Waals surface area contributed by atoms with Crippen molar-refractivity contribution in [2.45, 2.75) is 25.3 Å². The van der Waals surface area contributed by atoms with E-state index in [0.717, 1.165) is 19.3 Å². The van der Waals surface area contributed by atoms with Crippen LogP contribution in [0.2, 0.25) is 0 Å². The highest BCUT2D eigenvalue weighted by Gasteiger charge is 2.52. The van der Waals surface area contributed by atoms with Gasteiger partial charge in [-0.2, -0.15) is 0 Å². The van der Waals surface area contributed by atoms with E-state index in [1.807, 2.05) is 12.1 Å². The van der Waals surface area contributed by atoms with Gasteiger partial charge in [-0.25, -0.2) is 4.79 Å². The molecule has 1 aromatic rings. The Morgan fingerprint density at radius 3 is 2.88 bits per heavy atom. The smallest absolute Gasteiger partial charge is 0.319 e. The third-order valence-electron chi connectivity index (χ3n) is 5.15. The fourth-order valence-corrected chi connectivity index (χ4v) is 4.11. The summed E-state index contributed by atoms with van der Waals surface area (Å²) < 4.78 is 10.4. The van der Waals surface area contributed by atoms with Crippen LogP contribution in [0.1, 0.15) is 19.3 Å². The van der Waals surface area contributed by atoms with E-state index < -0.39 is 0 Å². The zero-order chi connectivity index (χ0) is 17.8. The normalized spacial score (nSPS) is 26.8. The monoisotopic (exact) mass is 344 g/mol. The van der Waals surface area contributed by atoms with Crippen LogP contribution >= 0.6 is 0 Å². The first-order chi connectivity index (χ1) is 12.1. The first-order valence-corrected chi connectivity index (χ1v) is 8.61. The van der Waals surface area contributed by atoms with Crippen molar-refractivity contribution in [2.24, 2.45) is 17.8 Å². The lowest BCUT2D eigenvalue weighted by Crippen LogP contribution is -2.48. The Hall–Kier alpha value is -2.50. The van der Waals surface area contributed by atoms with Gasteiger partial charge >= 0.3 is 12.0 Å². The summed E-state index contributed by atoms with van der Waals surface area (Å²) in [7, 11) is 1.40. The molecule has 0 spiro atoms. The van der Waals surface area contributed by atoms with Crippen molar-refractivity contribution < 1.29 is 19.1 Å². The van der Waals surface area contributed by atoms with E-state index in [1.165, 1.54) is 7.11 Å². The van der Waals surface area contributed by atoms with Crippen molar-refractivity contribution in [3.63, 3.8) is 0 Å². The number of hydrogen-bond acceptors (Lipinski definition) is 4. The van der Waals surface area contributed by atoms with Crippen LogP contribution in [-0.2, 0) is 9.53 Å². The topological polar surface area (TPSA) is 76.7 Å². The van der Waals surface area contributed by atoms with Gasteiger partial charge < -0.3 is 20.1 Å². The van der Waals surface area contributed by atoms with Crippen LogP contribution < -0.4 is 15.4 Å². The second-order valence-corrected chi connectivity index (χ2v) is 6.63. The fourth-order valence-electron chi connectivity index (χ4n) is 4.11. The molecule has 2 saturated carbocycles. The summed E-state index contributed by atoms with van der Waals surface area (Å²) in [6.45, 7) is 4.01. The first kappa shape index (κ1) is 17.3. The van der Waals surface area contributed by atoms with Crippen molar-refractivity contribution in [1.29, 1.82) is 0 Å². The van der Waals surface area contributed by atoms with E-state index in [2.05, 4.69) is 17.2 Å². The second-order valence-electron chi connectivity index (χ2n) is 6.63. The average molecular weight is 344 g/mol. The molecule has 6 heteroatoms. The van der Waals surface area contributed by atoms with Crippen LogP contribution in [0.5, 0.6) is 5.75 Å². The van der Waals surface area contributed by atoms with Crippen molar-refractivity contribution >= 4 is 17.7 Å². The van der Waals surface area contributed by atoms with E-state index in [-0.39, 0.29) is 24.0 Å². The van der Waals surface area contributed by atoms with Gasteiger partial charge in [-0.1, -0.05) is 18.7 Å². The summed E-state index contributed by atoms with van der Waals surface area (Å²) in [5, 5.41) is 5.79. The van der Waals surface area contributed by atoms with Crippen LogP contribution in [0, 0.1) is 17.8 Å². The summed E-state index contributed by atoms with van der Waals surface area (Å²) in [4.78, 5) is 24.5. The van der Waals surface area contributed by atoms with Crippen molar-refractivity contribution in [3.05, 3.63) is 36.9 Å². The van der Waals surface area contributed by atoms with Crippen molar-refractivity contribution in [1.82, 2.24) is 5.32 Å². The molecule has 0 saturated heterocycles. The maximum Gasteiger partial charge on any atom is 0.319 e. The van der Waals surface area contributed by atoms with Crippen LogP contribution in [0.4, 0.5) is 10.5 Å². The lowest BCUT2D eigenvalue weighted by atomic mass is 9.84. The Balaban J connectivity index is 1.62. The number of methoxy groups -OCH3 is 1. The molecule has 0 heterocycles. The Morgan fingerprint density at radius 1 is 1.32 bits per heavy atom. The van der Waals surface area contributed by atoms with Gasteiger partial charge in [0.2, 0.25) is 0 Å². The first-order valence-electron chi connectivity index (χ1n) is 8.61. The maximum atomic E-state index is 12.4. The van der Waals surface area contributed by atoms with Gasteiger partial charge in [-0.3, -0.25) is 4.79 Å². The predicted octanol–water partition coefficient (Wildman–Crippen LogP) is 2.96. The molecule has 0 aromatic heterocycles. The Labute approximate surface area is 147 Å². The Kier molecular flexibility index (Phi) is 5.26. The number of carbonyl (C=O) groups excluding carboxylic acids is 2. The highest BCUT2D eigenvalue weighted by molar-refractivity contribution is 5.90. The van der Waals surface area contributed by atoms with Crippen molar-refractivity contribution in [2.75, 3.05) is 19.0 Å². The molecule has 6 nitrogen and oxygen atoms in total. The molecule has 3 rings (SSSR count). The number of amides is 2. The molecule has 2 aliphatic rings. The third kappa shape index (κ3) is 3.78. The fraction of sp³-hybridized carbons (Fsp3) is 0.474. The SMILES string of the molecule is C=CCOc1cccc(NC(=O)N[C@H]2[C@H]3CC[C@@H](C3)[C@H]2C(=O)OC)c1. The van der Waals surface area contributed by atoms with Crippen LogP contribution in [-0.4, -0.2) is 31.8 Å². The lowest BCUT2D eigenvalue weighted by Gasteiger charge is -2.29. The maximum absolute atomic E-state index is 12.4. The van der Waals surface area contributed by atoms with Crippen LogP contribution in [0.25, 0.3) is 0 Å². The van der Waals surface area contributed by atoms with E-state index in [1.54, 1.807) is 18.2 Å². The van der Waals surface area contributed by atoms with Gasteiger partial charge in [0.15, 0.2) is 0 Å². The third-order valence-corrected chi connectivity index (χ3v) is 5.15. The molecule has 0 unspecified atom stereocenters. The number of esters is 1. The molecule has 0 aliphatic heterocycles. The molecule has 2 bridgehead atoms. The predicted molar refractivity (Wildman–Crippen MR) is 94.4 cm³/mol. The summed E-state index contributed by atoms with van der Waals surface area (Å²) in [6.07, 6.45) is 4.73. The van der Waals surface area contributed by atoms with Crippen LogP contribution in [0.3, 0.4) is 0 Å². The molecule has 134 valence electrons. The Bertz CT molecular complexity index is 661. The number of nitrogens with one attached hydrogen (secondary N) is 2. The lowest BCUT2D eigenvalue weighted by molar-refractivity contribution is -0.148.